The fourth-order valence-electron chi connectivity index (χ4n) is 1.71. The lowest BCUT2D eigenvalue weighted by Gasteiger charge is -2.26. The molecule has 0 fully saturated rings. The number of primary amides is 1. The Morgan fingerprint density at radius 3 is 2.28 bits per heavy atom. The molecule has 1 aromatic rings. The summed E-state index contributed by atoms with van der Waals surface area (Å²) in [6.45, 7) is 0.173. The van der Waals surface area contributed by atoms with Crippen LogP contribution < -0.4 is 16.4 Å². The molecule has 0 saturated carbocycles. The third kappa shape index (κ3) is 3.25. The number of aliphatic hydroxyl groups excluding tert-OH is 2. The predicted octanol–water partition coefficient (Wildman–Crippen LogP) is -0.188. The number of rotatable bonds is 6. The van der Waals surface area contributed by atoms with Gasteiger partial charge in [0.25, 0.3) is 5.91 Å². The first-order chi connectivity index (χ1) is 8.51. The molecule has 100 valence electrons. The van der Waals surface area contributed by atoms with Crippen LogP contribution in [0.2, 0.25) is 5.02 Å². The molecule has 0 aromatic heterocycles. The van der Waals surface area contributed by atoms with E-state index in [9.17, 15) is 4.79 Å². The topological polar surface area (TPSA) is 113 Å². The van der Waals surface area contributed by atoms with E-state index in [1.807, 2.05) is 0 Å². The Kier molecular flexibility index (Phi) is 5.21. The van der Waals surface area contributed by atoms with Crippen LogP contribution in [-0.4, -0.2) is 42.4 Å². The molecule has 6 nitrogen and oxygen atoms in total. The second kappa shape index (κ2) is 6.44. The third-order valence-corrected chi connectivity index (χ3v) is 2.70. The summed E-state index contributed by atoms with van der Waals surface area (Å²) < 4.78 is 0. The highest BCUT2D eigenvalue weighted by Gasteiger charge is 2.18. The van der Waals surface area contributed by atoms with Gasteiger partial charge in [0, 0.05) is 18.8 Å². The predicted molar refractivity (Wildman–Crippen MR) is 70.8 cm³/mol. The average molecular weight is 274 g/mol. The summed E-state index contributed by atoms with van der Waals surface area (Å²) in [4.78, 5) is 13.0. The maximum atomic E-state index is 11.4. The van der Waals surface area contributed by atoms with Crippen LogP contribution in [0.1, 0.15) is 10.4 Å². The summed E-state index contributed by atoms with van der Waals surface area (Å²) in [5, 5.41) is 18.2. The third-order valence-electron chi connectivity index (χ3n) is 2.41. The van der Waals surface area contributed by atoms with Gasteiger partial charge < -0.3 is 26.6 Å². The number of aliphatic hydroxyl groups is 2. The van der Waals surface area contributed by atoms with E-state index in [2.05, 4.69) is 0 Å². The molecule has 7 heteroatoms. The van der Waals surface area contributed by atoms with E-state index >= 15 is 0 Å². The molecule has 1 rings (SSSR count). The lowest BCUT2D eigenvalue weighted by molar-refractivity contribution is 0.100. The zero-order chi connectivity index (χ0) is 13.7. The van der Waals surface area contributed by atoms with Gasteiger partial charge in [-0.3, -0.25) is 4.79 Å². The van der Waals surface area contributed by atoms with Crippen molar-refractivity contribution < 1.29 is 15.0 Å². The van der Waals surface area contributed by atoms with Crippen LogP contribution in [-0.2, 0) is 0 Å². The number of hydrogen-bond donors (Lipinski definition) is 4. The maximum absolute atomic E-state index is 11.4. The Balaban J connectivity index is 3.30. The molecule has 0 unspecified atom stereocenters. The van der Waals surface area contributed by atoms with E-state index < -0.39 is 5.91 Å². The van der Waals surface area contributed by atoms with E-state index in [0.29, 0.717) is 11.4 Å². The zero-order valence-corrected chi connectivity index (χ0v) is 10.5. The molecule has 0 aliphatic carbocycles. The molecule has 0 aliphatic heterocycles. The maximum Gasteiger partial charge on any atom is 0.250 e. The Hall–Kier alpha value is -1.50. The molecule has 0 spiro atoms. The number of carbonyl (C=O) groups excluding carboxylic acids is 1. The van der Waals surface area contributed by atoms with E-state index in [-0.39, 0.29) is 36.9 Å². The number of halogens is 1. The average Bonchev–Trinajstić information content (AvgIpc) is 2.27. The minimum Gasteiger partial charge on any atom is -0.399 e. The van der Waals surface area contributed by atoms with Gasteiger partial charge in [-0.2, -0.15) is 0 Å². The quantitative estimate of drug-likeness (QED) is 0.537. The number of benzene rings is 1. The van der Waals surface area contributed by atoms with Gasteiger partial charge in [0.05, 0.1) is 29.5 Å². The molecule has 1 aromatic carbocycles. The number of nitrogen functional groups attached to an aromatic ring is 1. The standard InChI is InChI=1S/C11H16ClN3O3/c12-9-6-7(13)5-8(11(14)18)10(9)15(1-3-16)2-4-17/h5-6,16-17H,1-4,13H2,(H2,14,18). The normalized spacial score (nSPS) is 10.4. The van der Waals surface area contributed by atoms with E-state index in [1.165, 1.54) is 12.1 Å². The van der Waals surface area contributed by atoms with Gasteiger partial charge in [0.15, 0.2) is 0 Å². The van der Waals surface area contributed by atoms with Crippen LogP contribution >= 0.6 is 11.6 Å². The summed E-state index contributed by atoms with van der Waals surface area (Å²) >= 11 is 6.05. The second-order valence-corrected chi connectivity index (χ2v) is 4.10. The van der Waals surface area contributed by atoms with E-state index in [1.54, 1.807) is 4.90 Å². The minimum atomic E-state index is -0.667. The van der Waals surface area contributed by atoms with Crippen molar-refractivity contribution in [1.82, 2.24) is 0 Å². The fraction of sp³-hybridized carbons (Fsp3) is 0.364. The lowest BCUT2D eigenvalue weighted by Crippen LogP contribution is -2.32. The SMILES string of the molecule is NC(=O)c1cc(N)cc(Cl)c1N(CCO)CCO. The van der Waals surface area contributed by atoms with Crippen LogP contribution in [0.4, 0.5) is 11.4 Å². The van der Waals surface area contributed by atoms with Gasteiger partial charge in [0.1, 0.15) is 0 Å². The molecule has 6 N–H and O–H groups in total. The van der Waals surface area contributed by atoms with E-state index in [0.717, 1.165) is 0 Å². The highest BCUT2D eigenvalue weighted by atomic mass is 35.5. The Bertz CT molecular complexity index is 434. The van der Waals surface area contributed by atoms with Crippen LogP contribution in [0.5, 0.6) is 0 Å². The highest BCUT2D eigenvalue weighted by Crippen LogP contribution is 2.32. The first-order valence-electron chi connectivity index (χ1n) is 5.36. The number of nitrogens with two attached hydrogens (primary N) is 2. The minimum absolute atomic E-state index is 0.140. The monoisotopic (exact) mass is 273 g/mol. The molecule has 0 atom stereocenters. The smallest absolute Gasteiger partial charge is 0.250 e. The van der Waals surface area contributed by atoms with Gasteiger partial charge in [0.2, 0.25) is 0 Å². The van der Waals surface area contributed by atoms with Crippen molar-refractivity contribution in [3.05, 3.63) is 22.7 Å². The van der Waals surface area contributed by atoms with Crippen LogP contribution in [0.25, 0.3) is 0 Å². The highest BCUT2D eigenvalue weighted by molar-refractivity contribution is 6.34. The summed E-state index contributed by atoms with van der Waals surface area (Å²) in [5.41, 5.74) is 11.8. The largest absolute Gasteiger partial charge is 0.399 e. The van der Waals surface area contributed by atoms with Crippen molar-refractivity contribution >= 4 is 28.9 Å². The van der Waals surface area contributed by atoms with Crippen LogP contribution in [0.3, 0.4) is 0 Å². The molecule has 18 heavy (non-hydrogen) atoms. The Labute approximate surface area is 110 Å². The van der Waals surface area contributed by atoms with Crippen molar-refractivity contribution in [3.8, 4) is 0 Å². The summed E-state index contributed by atoms with van der Waals surface area (Å²) in [6, 6.07) is 2.91. The van der Waals surface area contributed by atoms with Crippen LogP contribution in [0, 0.1) is 0 Å². The Morgan fingerprint density at radius 1 is 1.28 bits per heavy atom. The lowest BCUT2D eigenvalue weighted by atomic mass is 10.1. The van der Waals surface area contributed by atoms with E-state index in [4.69, 9.17) is 33.3 Å². The van der Waals surface area contributed by atoms with Crippen molar-refractivity contribution in [3.63, 3.8) is 0 Å². The first kappa shape index (κ1) is 14.6. The molecule has 0 radical (unpaired) electrons. The number of carbonyl (C=O) groups is 1. The van der Waals surface area contributed by atoms with Gasteiger partial charge in [-0.05, 0) is 12.1 Å². The number of nitrogens with zero attached hydrogens (tertiary/aromatic N) is 1. The van der Waals surface area contributed by atoms with Crippen molar-refractivity contribution in [1.29, 1.82) is 0 Å². The van der Waals surface area contributed by atoms with Gasteiger partial charge in [-0.25, -0.2) is 0 Å². The number of anilines is 2. The number of hydrogen-bond acceptors (Lipinski definition) is 5. The second-order valence-electron chi connectivity index (χ2n) is 3.70. The fourth-order valence-corrected chi connectivity index (χ4v) is 2.05. The molecule has 1 amide bonds. The van der Waals surface area contributed by atoms with Crippen molar-refractivity contribution in [2.45, 2.75) is 0 Å². The molecular weight excluding hydrogens is 258 g/mol. The van der Waals surface area contributed by atoms with Gasteiger partial charge >= 0.3 is 0 Å². The molecular formula is C11H16ClN3O3. The summed E-state index contributed by atoms with van der Waals surface area (Å²) in [7, 11) is 0. The van der Waals surface area contributed by atoms with Gasteiger partial charge in [-0.15, -0.1) is 0 Å². The summed E-state index contributed by atoms with van der Waals surface area (Å²) in [5.74, 6) is -0.667. The van der Waals surface area contributed by atoms with Gasteiger partial charge in [-0.1, -0.05) is 11.6 Å². The first-order valence-corrected chi connectivity index (χ1v) is 5.74. The molecule has 0 bridgehead atoms. The van der Waals surface area contributed by atoms with Crippen molar-refractivity contribution in [2.75, 3.05) is 36.9 Å². The Morgan fingerprint density at radius 2 is 1.83 bits per heavy atom. The van der Waals surface area contributed by atoms with Crippen LogP contribution in [0.15, 0.2) is 12.1 Å². The summed E-state index contributed by atoms with van der Waals surface area (Å²) in [6.07, 6.45) is 0. The number of amides is 1. The van der Waals surface area contributed by atoms with Crippen molar-refractivity contribution in [2.24, 2.45) is 5.73 Å². The molecule has 0 aliphatic rings. The molecule has 0 heterocycles. The molecule has 0 saturated heterocycles. The zero-order valence-electron chi connectivity index (χ0n) is 9.77.